The summed E-state index contributed by atoms with van der Waals surface area (Å²) in [6.07, 6.45) is -0.553. The Morgan fingerprint density at radius 2 is 2.10 bits per heavy atom. The highest BCUT2D eigenvalue weighted by Gasteiger charge is 2.22. The molecule has 21 heavy (non-hydrogen) atoms. The van der Waals surface area contributed by atoms with Gasteiger partial charge in [0.2, 0.25) is 0 Å². The summed E-state index contributed by atoms with van der Waals surface area (Å²) in [5, 5.41) is 14.5. The fourth-order valence-electron chi connectivity index (χ4n) is 2.71. The third-order valence-electron chi connectivity index (χ3n) is 3.90. The minimum atomic E-state index is -0.553. The van der Waals surface area contributed by atoms with E-state index in [1.165, 1.54) is 0 Å². The minimum absolute atomic E-state index is 0.138. The molecule has 0 aromatic heterocycles. The maximum absolute atomic E-state index is 10.6. The van der Waals surface area contributed by atoms with Gasteiger partial charge in [-0.2, -0.15) is 0 Å². The molecule has 1 aliphatic heterocycles. The molecule has 2 atom stereocenters. The van der Waals surface area contributed by atoms with Crippen molar-refractivity contribution >= 4 is 11.6 Å². The van der Waals surface area contributed by atoms with Crippen LogP contribution in [0.2, 0.25) is 5.02 Å². The van der Waals surface area contributed by atoms with E-state index in [-0.39, 0.29) is 5.92 Å². The summed E-state index contributed by atoms with van der Waals surface area (Å²) in [7, 11) is 0. The molecule has 0 aliphatic carbocycles. The number of benzene rings is 1. The fourth-order valence-corrected chi connectivity index (χ4v) is 2.99. The van der Waals surface area contributed by atoms with E-state index in [1.807, 2.05) is 19.1 Å². The third kappa shape index (κ3) is 4.58. The molecule has 1 aromatic carbocycles. The number of ether oxygens (including phenoxy) is 1. The van der Waals surface area contributed by atoms with Gasteiger partial charge < -0.3 is 20.1 Å². The molecule has 0 bridgehead atoms. The Labute approximate surface area is 132 Å². The van der Waals surface area contributed by atoms with Gasteiger partial charge in [-0.1, -0.05) is 24.6 Å². The molecule has 0 spiro atoms. The van der Waals surface area contributed by atoms with Crippen LogP contribution in [0.4, 0.5) is 0 Å². The largest absolute Gasteiger partial charge is 0.494 e. The first-order chi connectivity index (χ1) is 10.1. The average Bonchev–Trinajstić information content (AvgIpc) is 2.48. The van der Waals surface area contributed by atoms with Crippen LogP contribution in [-0.2, 0) is 0 Å². The van der Waals surface area contributed by atoms with Crippen LogP contribution in [0, 0.1) is 5.92 Å². The molecule has 1 heterocycles. The molecule has 2 unspecified atom stereocenters. The van der Waals surface area contributed by atoms with Gasteiger partial charge in [0.15, 0.2) is 0 Å². The number of halogens is 1. The summed E-state index contributed by atoms with van der Waals surface area (Å²) in [6, 6.07) is 5.51. The minimum Gasteiger partial charge on any atom is -0.494 e. The van der Waals surface area contributed by atoms with Gasteiger partial charge in [-0.15, -0.1) is 0 Å². The van der Waals surface area contributed by atoms with E-state index in [0.717, 1.165) is 44.0 Å². The molecular formula is C16H25ClN2O2. The molecule has 1 aliphatic rings. The standard InChI is InChI=1S/C16H25ClN2O2/c1-3-21-13-4-5-14(15(17)10-13)16(20)12(2)11-19-8-6-18-7-9-19/h4-5,10,12,16,18,20H,3,6-9,11H2,1-2H3. The SMILES string of the molecule is CCOc1ccc(C(O)C(C)CN2CCNCC2)c(Cl)c1. The summed E-state index contributed by atoms with van der Waals surface area (Å²) >= 11 is 6.28. The zero-order chi connectivity index (χ0) is 15.2. The van der Waals surface area contributed by atoms with Crippen LogP contribution in [0.15, 0.2) is 18.2 Å². The predicted octanol–water partition coefficient (Wildman–Crippen LogP) is 2.31. The lowest BCUT2D eigenvalue weighted by Crippen LogP contribution is -2.45. The van der Waals surface area contributed by atoms with E-state index in [4.69, 9.17) is 16.3 Å². The molecule has 1 saturated heterocycles. The molecule has 1 fully saturated rings. The van der Waals surface area contributed by atoms with Crippen LogP contribution in [0.5, 0.6) is 5.75 Å². The van der Waals surface area contributed by atoms with E-state index in [1.54, 1.807) is 6.07 Å². The first-order valence-electron chi connectivity index (χ1n) is 7.65. The fraction of sp³-hybridized carbons (Fsp3) is 0.625. The highest BCUT2D eigenvalue weighted by Crippen LogP contribution is 2.31. The second kappa shape index (κ2) is 7.99. The molecule has 0 amide bonds. The Bertz CT molecular complexity index is 450. The Balaban J connectivity index is 1.99. The van der Waals surface area contributed by atoms with Crippen molar-refractivity contribution < 1.29 is 9.84 Å². The number of aliphatic hydroxyl groups excluding tert-OH is 1. The third-order valence-corrected chi connectivity index (χ3v) is 4.22. The number of nitrogens with zero attached hydrogens (tertiary/aromatic N) is 1. The van der Waals surface area contributed by atoms with Crippen LogP contribution in [0.3, 0.4) is 0 Å². The Morgan fingerprint density at radius 3 is 2.71 bits per heavy atom. The molecule has 118 valence electrons. The number of hydrogen-bond acceptors (Lipinski definition) is 4. The topological polar surface area (TPSA) is 44.7 Å². The monoisotopic (exact) mass is 312 g/mol. The van der Waals surface area contributed by atoms with Crippen molar-refractivity contribution in [2.75, 3.05) is 39.3 Å². The van der Waals surface area contributed by atoms with Crippen molar-refractivity contribution in [3.63, 3.8) is 0 Å². The van der Waals surface area contributed by atoms with Gasteiger partial charge in [0.25, 0.3) is 0 Å². The van der Waals surface area contributed by atoms with Gasteiger partial charge in [-0.3, -0.25) is 0 Å². The van der Waals surface area contributed by atoms with Crippen molar-refractivity contribution in [2.24, 2.45) is 5.92 Å². The van der Waals surface area contributed by atoms with E-state index >= 15 is 0 Å². The Kier molecular flexibility index (Phi) is 6.30. The second-order valence-electron chi connectivity index (χ2n) is 5.59. The number of aliphatic hydroxyl groups is 1. The van der Waals surface area contributed by atoms with Crippen LogP contribution < -0.4 is 10.1 Å². The maximum Gasteiger partial charge on any atom is 0.120 e. The smallest absolute Gasteiger partial charge is 0.120 e. The highest BCUT2D eigenvalue weighted by molar-refractivity contribution is 6.31. The highest BCUT2D eigenvalue weighted by atomic mass is 35.5. The van der Waals surface area contributed by atoms with Gasteiger partial charge in [0.1, 0.15) is 5.75 Å². The summed E-state index contributed by atoms with van der Waals surface area (Å²) < 4.78 is 5.42. The average molecular weight is 313 g/mol. The molecule has 4 nitrogen and oxygen atoms in total. The molecular weight excluding hydrogens is 288 g/mol. The lowest BCUT2D eigenvalue weighted by Gasteiger charge is -2.31. The Hall–Kier alpha value is -0.810. The van der Waals surface area contributed by atoms with E-state index in [9.17, 15) is 5.11 Å². The van der Waals surface area contributed by atoms with Crippen LogP contribution in [0.25, 0.3) is 0 Å². The second-order valence-corrected chi connectivity index (χ2v) is 6.00. The first-order valence-corrected chi connectivity index (χ1v) is 8.03. The molecule has 0 saturated carbocycles. The molecule has 0 radical (unpaired) electrons. The summed E-state index contributed by atoms with van der Waals surface area (Å²) in [4.78, 5) is 2.38. The van der Waals surface area contributed by atoms with Crippen LogP contribution in [-0.4, -0.2) is 49.3 Å². The van der Waals surface area contributed by atoms with Crippen molar-refractivity contribution in [3.8, 4) is 5.75 Å². The summed E-state index contributed by atoms with van der Waals surface area (Å²) in [6.45, 7) is 9.61. The number of hydrogen-bond donors (Lipinski definition) is 2. The van der Waals surface area contributed by atoms with Gasteiger partial charge in [0.05, 0.1) is 17.7 Å². The number of nitrogens with one attached hydrogen (secondary N) is 1. The van der Waals surface area contributed by atoms with E-state index in [2.05, 4.69) is 17.1 Å². The van der Waals surface area contributed by atoms with Gasteiger partial charge in [-0.05, 0) is 30.5 Å². The van der Waals surface area contributed by atoms with Gasteiger partial charge in [-0.25, -0.2) is 0 Å². The zero-order valence-corrected chi connectivity index (χ0v) is 13.6. The first kappa shape index (κ1) is 16.6. The Morgan fingerprint density at radius 1 is 1.38 bits per heavy atom. The summed E-state index contributed by atoms with van der Waals surface area (Å²) in [5.41, 5.74) is 0.780. The van der Waals surface area contributed by atoms with Crippen molar-refractivity contribution in [2.45, 2.75) is 20.0 Å². The molecule has 5 heteroatoms. The normalized spacial score (nSPS) is 19.2. The number of piperazine rings is 1. The molecule has 1 aromatic rings. The molecule has 2 rings (SSSR count). The summed E-state index contributed by atoms with van der Waals surface area (Å²) in [5.74, 6) is 0.881. The van der Waals surface area contributed by atoms with Crippen molar-refractivity contribution in [3.05, 3.63) is 28.8 Å². The van der Waals surface area contributed by atoms with Crippen molar-refractivity contribution in [1.82, 2.24) is 10.2 Å². The quantitative estimate of drug-likeness (QED) is 0.846. The van der Waals surface area contributed by atoms with E-state index < -0.39 is 6.10 Å². The maximum atomic E-state index is 10.6. The zero-order valence-electron chi connectivity index (χ0n) is 12.8. The van der Waals surface area contributed by atoms with E-state index in [0.29, 0.717) is 11.6 Å². The lowest BCUT2D eigenvalue weighted by atomic mass is 9.96. The van der Waals surface area contributed by atoms with Gasteiger partial charge in [0, 0.05) is 32.7 Å². The van der Waals surface area contributed by atoms with Gasteiger partial charge >= 0.3 is 0 Å². The van der Waals surface area contributed by atoms with Crippen LogP contribution >= 0.6 is 11.6 Å². The molecule has 2 N–H and O–H groups in total. The lowest BCUT2D eigenvalue weighted by molar-refractivity contribution is 0.0842. The van der Waals surface area contributed by atoms with Crippen LogP contribution in [0.1, 0.15) is 25.5 Å². The predicted molar refractivity (Wildman–Crippen MR) is 86.1 cm³/mol. The number of rotatable bonds is 6. The van der Waals surface area contributed by atoms with Crippen molar-refractivity contribution in [1.29, 1.82) is 0 Å².